The van der Waals surface area contributed by atoms with Crippen molar-refractivity contribution in [1.82, 2.24) is 10.3 Å². The van der Waals surface area contributed by atoms with Gasteiger partial charge in [-0.05, 0) is 24.8 Å². The molecule has 1 N–H and O–H groups in total. The van der Waals surface area contributed by atoms with Gasteiger partial charge >= 0.3 is 0 Å². The SMILES string of the molecule is CCCNCc1ncc(C2CC2(C)C)o1. The predicted molar refractivity (Wildman–Crippen MR) is 59.6 cm³/mol. The Morgan fingerprint density at radius 3 is 2.93 bits per heavy atom. The van der Waals surface area contributed by atoms with Gasteiger partial charge in [-0.15, -0.1) is 0 Å². The minimum atomic E-state index is 0.424. The maximum absolute atomic E-state index is 5.72. The van der Waals surface area contributed by atoms with Gasteiger partial charge in [-0.1, -0.05) is 20.8 Å². The van der Waals surface area contributed by atoms with Crippen LogP contribution in [0.4, 0.5) is 0 Å². The van der Waals surface area contributed by atoms with E-state index in [9.17, 15) is 0 Å². The van der Waals surface area contributed by atoms with Gasteiger partial charge in [0.15, 0.2) is 0 Å². The Morgan fingerprint density at radius 2 is 2.33 bits per heavy atom. The fourth-order valence-corrected chi connectivity index (χ4v) is 1.89. The minimum absolute atomic E-state index is 0.424. The van der Waals surface area contributed by atoms with Crippen LogP contribution in [0.3, 0.4) is 0 Å². The molecule has 3 heteroatoms. The summed E-state index contributed by atoms with van der Waals surface area (Å²) in [5, 5.41) is 3.29. The van der Waals surface area contributed by atoms with Gasteiger partial charge in [0.2, 0.25) is 5.89 Å². The van der Waals surface area contributed by atoms with E-state index in [2.05, 4.69) is 31.1 Å². The topological polar surface area (TPSA) is 38.1 Å². The van der Waals surface area contributed by atoms with Crippen LogP contribution in [-0.2, 0) is 6.54 Å². The molecule has 2 rings (SSSR count). The summed E-state index contributed by atoms with van der Waals surface area (Å²) in [5.41, 5.74) is 0.424. The molecular formula is C12H20N2O. The molecule has 1 aromatic rings. The highest BCUT2D eigenvalue weighted by Gasteiger charge is 2.48. The van der Waals surface area contributed by atoms with Crippen LogP contribution in [0.15, 0.2) is 10.6 Å². The fourth-order valence-electron chi connectivity index (χ4n) is 1.89. The third kappa shape index (κ3) is 2.40. The first-order valence-electron chi connectivity index (χ1n) is 5.79. The first-order chi connectivity index (χ1) is 7.13. The Hall–Kier alpha value is -0.830. The molecule has 1 aliphatic carbocycles. The van der Waals surface area contributed by atoms with Gasteiger partial charge in [0.05, 0.1) is 12.7 Å². The Morgan fingerprint density at radius 1 is 1.60 bits per heavy atom. The lowest BCUT2D eigenvalue weighted by molar-refractivity contribution is 0.424. The molecule has 1 unspecified atom stereocenters. The third-order valence-electron chi connectivity index (χ3n) is 3.13. The van der Waals surface area contributed by atoms with Crippen molar-refractivity contribution >= 4 is 0 Å². The molecule has 0 aliphatic heterocycles. The van der Waals surface area contributed by atoms with E-state index in [1.807, 2.05) is 6.20 Å². The largest absolute Gasteiger partial charge is 0.444 e. The van der Waals surface area contributed by atoms with E-state index >= 15 is 0 Å². The molecule has 0 saturated heterocycles. The second-order valence-corrected chi connectivity index (χ2v) is 5.08. The summed E-state index contributed by atoms with van der Waals surface area (Å²) in [7, 11) is 0. The molecule has 84 valence electrons. The van der Waals surface area contributed by atoms with Gasteiger partial charge in [0.1, 0.15) is 5.76 Å². The molecule has 15 heavy (non-hydrogen) atoms. The number of oxazole rings is 1. The van der Waals surface area contributed by atoms with E-state index < -0.39 is 0 Å². The Bertz CT molecular complexity index is 330. The van der Waals surface area contributed by atoms with Crippen molar-refractivity contribution in [2.75, 3.05) is 6.54 Å². The summed E-state index contributed by atoms with van der Waals surface area (Å²) in [6.07, 6.45) is 4.26. The second kappa shape index (κ2) is 3.97. The maximum atomic E-state index is 5.72. The summed E-state index contributed by atoms with van der Waals surface area (Å²) in [5.74, 6) is 2.47. The van der Waals surface area contributed by atoms with Crippen LogP contribution in [0.25, 0.3) is 0 Å². The van der Waals surface area contributed by atoms with Crippen molar-refractivity contribution < 1.29 is 4.42 Å². The molecule has 1 aromatic heterocycles. The van der Waals surface area contributed by atoms with E-state index in [0.29, 0.717) is 11.3 Å². The molecule has 1 aliphatic rings. The quantitative estimate of drug-likeness (QED) is 0.756. The zero-order valence-corrected chi connectivity index (χ0v) is 9.84. The van der Waals surface area contributed by atoms with E-state index in [4.69, 9.17) is 4.42 Å². The number of hydrogen-bond donors (Lipinski definition) is 1. The maximum Gasteiger partial charge on any atom is 0.208 e. The molecule has 1 fully saturated rings. The lowest BCUT2D eigenvalue weighted by atomic mass is 10.1. The zero-order valence-electron chi connectivity index (χ0n) is 9.84. The highest BCUT2D eigenvalue weighted by atomic mass is 16.4. The van der Waals surface area contributed by atoms with E-state index in [-0.39, 0.29) is 0 Å². The summed E-state index contributed by atoms with van der Waals surface area (Å²) in [6.45, 7) is 8.47. The zero-order chi connectivity index (χ0) is 10.9. The first kappa shape index (κ1) is 10.7. The van der Waals surface area contributed by atoms with Gasteiger partial charge in [-0.25, -0.2) is 4.98 Å². The van der Waals surface area contributed by atoms with Gasteiger partial charge in [0.25, 0.3) is 0 Å². The summed E-state index contributed by atoms with van der Waals surface area (Å²) < 4.78 is 5.72. The summed E-state index contributed by atoms with van der Waals surface area (Å²) in [6, 6.07) is 0. The van der Waals surface area contributed by atoms with E-state index in [0.717, 1.165) is 31.2 Å². The second-order valence-electron chi connectivity index (χ2n) is 5.08. The standard InChI is InChI=1S/C12H20N2O/c1-4-5-13-8-11-14-7-10(15-11)9-6-12(9,2)3/h7,9,13H,4-6,8H2,1-3H3. The molecular weight excluding hydrogens is 188 g/mol. The highest BCUT2D eigenvalue weighted by Crippen LogP contribution is 2.58. The average molecular weight is 208 g/mol. The number of rotatable bonds is 5. The highest BCUT2D eigenvalue weighted by molar-refractivity contribution is 5.17. The molecule has 0 radical (unpaired) electrons. The summed E-state index contributed by atoms with van der Waals surface area (Å²) in [4.78, 5) is 4.29. The van der Waals surface area contributed by atoms with Crippen molar-refractivity contribution in [3.05, 3.63) is 17.8 Å². The normalized spacial score (nSPS) is 23.0. The molecule has 1 heterocycles. The third-order valence-corrected chi connectivity index (χ3v) is 3.13. The molecule has 1 atom stereocenters. The van der Waals surface area contributed by atoms with Crippen LogP contribution in [0.1, 0.15) is 51.2 Å². The minimum Gasteiger partial charge on any atom is -0.444 e. The van der Waals surface area contributed by atoms with Gasteiger partial charge < -0.3 is 9.73 Å². The molecule has 0 aromatic carbocycles. The summed E-state index contributed by atoms with van der Waals surface area (Å²) >= 11 is 0. The van der Waals surface area contributed by atoms with Crippen molar-refractivity contribution in [3.63, 3.8) is 0 Å². The van der Waals surface area contributed by atoms with E-state index in [1.54, 1.807) is 0 Å². The van der Waals surface area contributed by atoms with Gasteiger partial charge in [-0.2, -0.15) is 0 Å². The first-order valence-corrected chi connectivity index (χ1v) is 5.79. The molecule has 0 bridgehead atoms. The van der Waals surface area contributed by atoms with Crippen LogP contribution < -0.4 is 5.32 Å². The van der Waals surface area contributed by atoms with Gasteiger partial charge in [-0.3, -0.25) is 0 Å². The Balaban J connectivity index is 1.88. The Labute approximate surface area is 91.3 Å². The monoisotopic (exact) mass is 208 g/mol. The van der Waals surface area contributed by atoms with Crippen LogP contribution in [0, 0.1) is 5.41 Å². The number of nitrogens with zero attached hydrogens (tertiary/aromatic N) is 1. The van der Waals surface area contributed by atoms with Crippen LogP contribution in [0.5, 0.6) is 0 Å². The smallest absolute Gasteiger partial charge is 0.208 e. The lowest BCUT2D eigenvalue weighted by Crippen LogP contribution is -2.13. The van der Waals surface area contributed by atoms with Crippen LogP contribution in [-0.4, -0.2) is 11.5 Å². The predicted octanol–water partition coefficient (Wildman–Crippen LogP) is 2.69. The van der Waals surface area contributed by atoms with Crippen LogP contribution >= 0.6 is 0 Å². The number of aromatic nitrogens is 1. The molecule has 1 saturated carbocycles. The molecule has 0 spiro atoms. The van der Waals surface area contributed by atoms with Crippen molar-refractivity contribution in [1.29, 1.82) is 0 Å². The molecule has 3 nitrogen and oxygen atoms in total. The van der Waals surface area contributed by atoms with Crippen molar-refractivity contribution in [2.24, 2.45) is 5.41 Å². The van der Waals surface area contributed by atoms with E-state index in [1.165, 1.54) is 6.42 Å². The number of hydrogen-bond acceptors (Lipinski definition) is 3. The van der Waals surface area contributed by atoms with Gasteiger partial charge in [0, 0.05) is 5.92 Å². The Kier molecular flexibility index (Phi) is 2.83. The fraction of sp³-hybridized carbons (Fsp3) is 0.750. The average Bonchev–Trinajstić information content (AvgIpc) is 2.64. The van der Waals surface area contributed by atoms with Crippen molar-refractivity contribution in [2.45, 2.75) is 46.1 Å². The van der Waals surface area contributed by atoms with Crippen LogP contribution in [0.2, 0.25) is 0 Å². The molecule has 0 amide bonds. The number of nitrogens with one attached hydrogen (secondary N) is 1. The van der Waals surface area contributed by atoms with Crippen molar-refractivity contribution in [3.8, 4) is 0 Å². The lowest BCUT2D eigenvalue weighted by Gasteiger charge is -1.99.